The normalized spacial score (nSPS) is 23.2. The van der Waals surface area contributed by atoms with Gasteiger partial charge >= 0.3 is 0 Å². The van der Waals surface area contributed by atoms with E-state index in [0.29, 0.717) is 12.1 Å². The highest BCUT2D eigenvalue weighted by Crippen LogP contribution is 2.31. The highest BCUT2D eigenvalue weighted by Gasteiger charge is 2.28. The van der Waals surface area contributed by atoms with Gasteiger partial charge in [-0.15, -0.1) is 0 Å². The summed E-state index contributed by atoms with van der Waals surface area (Å²) in [5, 5.41) is 3.57. The van der Waals surface area contributed by atoms with Crippen LogP contribution in [0.4, 0.5) is 0 Å². The summed E-state index contributed by atoms with van der Waals surface area (Å²) >= 11 is 0. The number of fused-ring (bicyclic) bond motifs is 1. The molecule has 1 aliphatic carbocycles. The lowest BCUT2D eigenvalue weighted by molar-refractivity contribution is 0.184. The lowest BCUT2D eigenvalue weighted by Crippen LogP contribution is -2.41. The van der Waals surface area contributed by atoms with Crippen molar-refractivity contribution in [3.63, 3.8) is 0 Å². The number of likely N-dealkylation sites (N-methyl/N-ethyl adjacent to an activating group) is 2. The van der Waals surface area contributed by atoms with Gasteiger partial charge in [-0.05, 0) is 57.5 Å². The van der Waals surface area contributed by atoms with Crippen LogP contribution in [-0.4, -0.2) is 31.6 Å². The summed E-state index contributed by atoms with van der Waals surface area (Å²) < 4.78 is 0. The van der Waals surface area contributed by atoms with Crippen LogP contribution in [0.15, 0.2) is 24.3 Å². The van der Waals surface area contributed by atoms with Crippen LogP contribution in [0.3, 0.4) is 0 Å². The zero-order valence-corrected chi connectivity index (χ0v) is 12.7. The summed E-state index contributed by atoms with van der Waals surface area (Å²) in [4.78, 5) is 2.56. The molecule has 0 heterocycles. The summed E-state index contributed by atoms with van der Waals surface area (Å²) in [5.41, 5.74) is 3.05. The standard InChI is InChI=1S/C17H28N2/c1-4-5-13-19(3)16-12-8-10-14-9-6-7-11-15(14)17(16)18-2/h6-7,9,11,16-18H,4-5,8,10,12-13H2,1-3H3. The number of nitrogens with one attached hydrogen (secondary N) is 1. The van der Waals surface area contributed by atoms with Gasteiger partial charge in [-0.3, -0.25) is 0 Å². The molecule has 2 unspecified atom stereocenters. The van der Waals surface area contributed by atoms with Gasteiger partial charge in [-0.2, -0.15) is 0 Å². The molecule has 0 saturated heterocycles. The van der Waals surface area contributed by atoms with E-state index < -0.39 is 0 Å². The minimum absolute atomic E-state index is 0.473. The number of unbranched alkanes of at least 4 members (excludes halogenated alkanes) is 1. The van der Waals surface area contributed by atoms with Crippen molar-refractivity contribution in [2.24, 2.45) is 0 Å². The van der Waals surface area contributed by atoms with E-state index in [1.165, 1.54) is 49.8 Å². The van der Waals surface area contributed by atoms with Crippen molar-refractivity contribution in [3.8, 4) is 0 Å². The second-order valence-electron chi connectivity index (χ2n) is 5.76. The Morgan fingerprint density at radius 2 is 2.11 bits per heavy atom. The maximum atomic E-state index is 3.57. The first kappa shape index (κ1) is 14.5. The first-order valence-electron chi connectivity index (χ1n) is 7.73. The fourth-order valence-electron chi connectivity index (χ4n) is 3.34. The van der Waals surface area contributed by atoms with E-state index in [-0.39, 0.29) is 0 Å². The highest BCUT2D eigenvalue weighted by atomic mass is 15.2. The molecule has 0 radical (unpaired) electrons. The number of nitrogens with zero attached hydrogens (tertiary/aromatic N) is 1. The van der Waals surface area contributed by atoms with Crippen LogP contribution in [0.2, 0.25) is 0 Å². The minimum atomic E-state index is 0.473. The molecule has 0 aliphatic heterocycles. The molecule has 19 heavy (non-hydrogen) atoms. The third-order valence-corrected chi connectivity index (χ3v) is 4.46. The Kier molecular flexibility index (Phi) is 5.41. The predicted molar refractivity (Wildman–Crippen MR) is 82.5 cm³/mol. The maximum Gasteiger partial charge on any atom is 0.0478 e. The molecule has 0 fully saturated rings. The monoisotopic (exact) mass is 260 g/mol. The van der Waals surface area contributed by atoms with Crippen molar-refractivity contribution in [2.45, 2.75) is 51.1 Å². The Balaban J connectivity index is 2.20. The molecule has 1 aliphatic rings. The smallest absolute Gasteiger partial charge is 0.0478 e. The largest absolute Gasteiger partial charge is 0.312 e. The number of benzene rings is 1. The van der Waals surface area contributed by atoms with Crippen molar-refractivity contribution in [2.75, 3.05) is 20.6 Å². The lowest BCUT2D eigenvalue weighted by atomic mass is 9.95. The van der Waals surface area contributed by atoms with Crippen molar-refractivity contribution < 1.29 is 0 Å². The second kappa shape index (κ2) is 7.06. The predicted octanol–water partition coefficient (Wildman–Crippen LogP) is 3.38. The Morgan fingerprint density at radius 1 is 1.32 bits per heavy atom. The summed E-state index contributed by atoms with van der Waals surface area (Å²) in [6.07, 6.45) is 6.39. The van der Waals surface area contributed by atoms with Crippen molar-refractivity contribution in [1.82, 2.24) is 10.2 Å². The minimum Gasteiger partial charge on any atom is -0.312 e. The molecule has 0 spiro atoms. The van der Waals surface area contributed by atoms with Gasteiger partial charge in [0.25, 0.3) is 0 Å². The van der Waals surface area contributed by atoms with Crippen molar-refractivity contribution in [3.05, 3.63) is 35.4 Å². The van der Waals surface area contributed by atoms with Gasteiger partial charge in [0.2, 0.25) is 0 Å². The van der Waals surface area contributed by atoms with Gasteiger partial charge in [-0.25, -0.2) is 0 Å². The number of aryl methyl sites for hydroxylation is 1. The first-order valence-corrected chi connectivity index (χ1v) is 7.73. The zero-order chi connectivity index (χ0) is 13.7. The SMILES string of the molecule is CCCCN(C)C1CCCc2ccccc2C1NC. The van der Waals surface area contributed by atoms with E-state index >= 15 is 0 Å². The van der Waals surface area contributed by atoms with Gasteiger partial charge < -0.3 is 10.2 Å². The molecule has 0 aromatic heterocycles. The third-order valence-electron chi connectivity index (χ3n) is 4.46. The average molecular weight is 260 g/mol. The zero-order valence-electron chi connectivity index (χ0n) is 12.7. The lowest BCUT2D eigenvalue weighted by Gasteiger charge is -2.34. The molecule has 2 nitrogen and oxygen atoms in total. The number of rotatable bonds is 5. The van der Waals surface area contributed by atoms with E-state index in [2.05, 4.69) is 55.5 Å². The summed E-state index contributed by atoms with van der Waals surface area (Å²) in [5.74, 6) is 0. The van der Waals surface area contributed by atoms with E-state index in [0.717, 1.165) is 0 Å². The van der Waals surface area contributed by atoms with E-state index in [9.17, 15) is 0 Å². The highest BCUT2D eigenvalue weighted by molar-refractivity contribution is 5.32. The van der Waals surface area contributed by atoms with Crippen LogP contribution >= 0.6 is 0 Å². The van der Waals surface area contributed by atoms with Crippen molar-refractivity contribution in [1.29, 1.82) is 0 Å². The summed E-state index contributed by atoms with van der Waals surface area (Å²) in [7, 11) is 4.39. The van der Waals surface area contributed by atoms with Crippen molar-refractivity contribution >= 4 is 0 Å². The average Bonchev–Trinajstić information content (AvgIpc) is 2.63. The molecule has 106 valence electrons. The Labute approximate surface area is 118 Å². The van der Waals surface area contributed by atoms with E-state index in [1.54, 1.807) is 0 Å². The number of hydrogen-bond acceptors (Lipinski definition) is 2. The fraction of sp³-hybridized carbons (Fsp3) is 0.647. The van der Waals surface area contributed by atoms with Crippen LogP contribution in [0.5, 0.6) is 0 Å². The molecule has 2 rings (SSSR count). The van der Waals surface area contributed by atoms with Gasteiger partial charge in [-0.1, -0.05) is 37.6 Å². The molecule has 0 saturated carbocycles. The second-order valence-corrected chi connectivity index (χ2v) is 5.76. The van der Waals surface area contributed by atoms with Crippen LogP contribution in [0.1, 0.15) is 49.8 Å². The summed E-state index contributed by atoms with van der Waals surface area (Å²) in [6, 6.07) is 10.1. The maximum absolute atomic E-state index is 3.57. The molecular formula is C17H28N2. The van der Waals surface area contributed by atoms with Gasteiger partial charge in [0, 0.05) is 12.1 Å². The Hall–Kier alpha value is -0.860. The van der Waals surface area contributed by atoms with E-state index in [1.807, 2.05) is 0 Å². The quantitative estimate of drug-likeness (QED) is 0.816. The Morgan fingerprint density at radius 3 is 2.84 bits per heavy atom. The number of hydrogen-bond donors (Lipinski definition) is 1. The van der Waals surface area contributed by atoms with Crippen LogP contribution in [0, 0.1) is 0 Å². The van der Waals surface area contributed by atoms with Crippen LogP contribution in [-0.2, 0) is 6.42 Å². The topological polar surface area (TPSA) is 15.3 Å². The van der Waals surface area contributed by atoms with Crippen LogP contribution < -0.4 is 5.32 Å². The van der Waals surface area contributed by atoms with Gasteiger partial charge in [0.15, 0.2) is 0 Å². The molecular weight excluding hydrogens is 232 g/mol. The summed E-state index contributed by atoms with van der Waals surface area (Å²) in [6.45, 7) is 3.48. The molecule has 1 N–H and O–H groups in total. The Bertz CT molecular complexity index is 389. The molecule has 0 bridgehead atoms. The molecule has 2 heteroatoms. The molecule has 2 atom stereocenters. The molecule has 1 aromatic carbocycles. The third kappa shape index (κ3) is 3.37. The molecule has 0 amide bonds. The molecule has 1 aromatic rings. The fourth-order valence-corrected chi connectivity index (χ4v) is 3.34. The van der Waals surface area contributed by atoms with Gasteiger partial charge in [0.1, 0.15) is 0 Å². The van der Waals surface area contributed by atoms with E-state index in [4.69, 9.17) is 0 Å². The van der Waals surface area contributed by atoms with Gasteiger partial charge in [0.05, 0.1) is 0 Å². The van der Waals surface area contributed by atoms with Crippen LogP contribution in [0.25, 0.3) is 0 Å². The first-order chi connectivity index (χ1) is 9.27.